The lowest BCUT2D eigenvalue weighted by Gasteiger charge is -2.21. The molecule has 0 radical (unpaired) electrons. The van der Waals surface area contributed by atoms with Crippen LogP contribution in [0.15, 0.2) is 0 Å². The van der Waals surface area contributed by atoms with E-state index in [1.54, 1.807) is 0 Å². The maximum absolute atomic E-state index is 13.2. The van der Waals surface area contributed by atoms with Gasteiger partial charge in [-0.25, -0.2) is 9.13 Å². The van der Waals surface area contributed by atoms with Crippen molar-refractivity contribution in [1.82, 2.24) is 0 Å². The van der Waals surface area contributed by atoms with Crippen LogP contribution in [-0.4, -0.2) is 96.7 Å². The van der Waals surface area contributed by atoms with Gasteiger partial charge in [-0.05, 0) is 31.6 Å². The molecule has 0 aliphatic carbocycles. The zero-order valence-electron chi connectivity index (χ0n) is 73.1. The topological polar surface area (TPSA) is 237 Å². The Hall–Kier alpha value is -1.94. The van der Waals surface area contributed by atoms with Crippen molar-refractivity contribution in [3.8, 4) is 0 Å². The van der Waals surface area contributed by atoms with Gasteiger partial charge in [-0.15, -0.1) is 0 Å². The Kier molecular flexibility index (Phi) is 83.0. The fraction of sp³-hybridized carbons (Fsp3) is 0.957. The van der Waals surface area contributed by atoms with E-state index in [9.17, 15) is 43.2 Å². The molecule has 0 amide bonds. The number of phosphoric acid groups is 2. The lowest BCUT2D eigenvalue weighted by molar-refractivity contribution is -0.161. The number of unbranched alkanes of at least 4 members (excludes halogenated alkanes) is 63. The number of hydrogen-bond acceptors (Lipinski definition) is 15. The van der Waals surface area contributed by atoms with Crippen molar-refractivity contribution in [2.75, 3.05) is 39.6 Å². The van der Waals surface area contributed by atoms with Gasteiger partial charge < -0.3 is 33.8 Å². The highest BCUT2D eigenvalue weighted by molar-refractivity contribution is 7.47. The zero-order chi connectivity index (χ0) is 81.1. The van der Waals surface area contributed by atoms with Crippen LogP contribution in [0.5, 0.6) is 0 Å². The molecule has 0 aromatic carbocycles. The molecule has 3 unspecified atom stereocenters. The van der Waals surface area contributed by atoms with Crippen LogP contribution >= 0.6 is 15.6 Å². The van der Waals surface area contributed by atoms with Gasteiger partial charge in [-0.1, -0.05) is 452 Å². The van der Waals surface area contributed by atoms with E-state index in [4.69, 9.17) is 37.0 Å². The number of aliphatic hydroxyl groups is 1. The summed E-state index contributed by atoms with van der Waals surface area (Å²) in [5, 5.41) is 10.7. The van der Waals surface area contributed by atoms with Gasteiger partial charge in [0.05, 0.1) is 26.4 Å². The standard InChI is InChI=1S/C92H180O17P2/c1-6-10-13-16-19-22-25-28-30-32-34-35-36-37-39-41-48-53-58-63-68-73-78-92(97)109-88(82-103-90(95)76-71-66-61-56-51-46-43-42-45-49-54-59-64-69-74-85(5)9-4)84-107-111(100,101)105-80-86(93)79-104-110(98,99)106-83-87(81-102-89(94)75-70-65-60-55-50-44-27-24-21-18-15-12-8-3)108-91(96)77-72-67-62-57-52-47-40-38-33-31-29-26-23-20-17-14-11-7-2/h85-88,93H,6-84H2,1-5H3,(H,98,99)(H,100,101)/t85?,86-,87+,88+/m0/s1. The molecule has 0 bridgehead atoms. The summed E-state index contributed by atoms with van der Waals surface area (Å²) in [7, 11) is -9.94. The molecule has 0 aromatic rings. The molecule has 0 saturated heterocycles. The minimum atomic E-state index is -4.97. The van der Waals surface area contributed by atoms with Gasteiger partial charge in [0.2, 0.25) is 0 Å². The van der Waals surface area contributed by atoms with E-state index in [-0.39, 0.29) is 25.7 Å². The molecule has 17 nitrogen and oxygen atoms in total. The van der Waals surface area contributed by atoms with Gasteiger partial charge in [-0.3, -0.25) is 37.3 Å². The normalized spacial score (nSPS) is 13.9. The predicted octanol–water partition coefficient (Wildman–Crippen LogP) is 28.7. The number of rotatable bonds is 92. The minimum Gasteiger partial charge on any atom is -0.462 e. The monoisotopic (exact) mass is 1620 g/mol. The molecule has 6 atom stereocenters. The molecule has 660 valence electrons. The molecule has 3 N–H and O–H groups in total. The predicted molar refractivity (Wildman–Crippen MR) is 460 cm³/mol. The van der Waals surface area contributed by atoms with Crippen molar-refractivity contribution in [2.24, 2.45) is 5.92 Å². The van der Waals surface area contributed by atoms with Crippen LogP contribution in [0, 0.1) is 5.92 Å². The van der Waals surface area contributed by atoms with Gasteiger partial charge in [0, 0.05) is 25.7 Å². The average Bonchev–Trinajstić information content (AvgIpc) is 0.900. The number of carbonyl (C=O) groups is 4. The Morgan fingerprint density at radius 1 is 0.252 bits per heavy atom. The fourth-order valence-corrected chi connectivity index (χ4v) is 16.1. The number of phosphoric ester groups is 2. The quantitative estimate of drug-likeness (QED) is 0.0222. The lowest BCUT2D eigenvalue weighted by atomic mass is 9.99. The van der Waals surface area contributed by atoms with Crippen molar-refractivity contribution in [3.63, 3.8) is 0 Å². The average molecular weight is 1620 g/mol. The molecule has 0 aliphatic rings. The van der Waals surface area contributed by atoms with E-state index in [0.29, 0.717) is 25.7 Å². The minimum absolute atomic E-state index is 0.110. The van der Waals surface area contributed by atoms with Crippen LogP contribution in [0.25, 0.3) is 0 Å². The first-order valence-corrected chi connectivity index (χ1v) is 50.7. The first kappa shape index (κ1) is 109. The van der Waals surface area contributed by atoms with Gasteiger partial charge in [-0.2, -0.15) is 0 Å². The van der Waals surface area contributed by atoms with Crippen molar-refractivity contribution >= 4 is 39.5 Å². The number of carbonyl (C=O) groups excluding carboxylic acids is 4. The highest BCUT2D eigenvalue weighted by atomic mass is 31.2. The molecular formula is C92H180O17P2. The zero-order valence-corrected chi connectivity index (χ0v) is 74.9. The molecule has 0 heterocycles. The van der Waals surface area contributed by atoms with Crippen molar-refractivity contribution < 1.29 is 80.2 Å². The molecule has 0 saturated carbocycles. The van der Waals surface area contributed by atoms with Crippen LogP contribution < -0.4 is 0 Å². The van der Waals surface area contributed by atoms with Crippen LogP contribution in [-0.2, 0) is 65.4 Å². The second-order valence-electron chi connectivity index (χ2n) is 33.3. The summed E-state index contributed by atoms with van der Waals surface area (Å²) in [5.74, 6) is -1.24. The molecular weight excluding hydrogens is 1440 g/mol. The van der Waals surface area contributed by atoms with E-state index >= 15 is 0 Å². The van der Waals surface area contributed by atoms with E-state index in [1.165, 1.54) is 327 Å². The second-order valence-corrected chi connectivity index (χ2v) is 36.2. The molecule has 0 spiro atoms. The highest BCUT2D eigenvalue weighted by Gasteiger charge is 2.31. The van der Waals surface area contributed by atoms with Crippen molar-refractivity contribution in [3.05, 3.63) is 0 Å². The maximum atomic E-state index is 13.2. The fourth-order valence-electron chi connectivity index (χ4n) is 14.5. The molecule has 0 aliphatic heterocycles. The number of aliphatic hydroxyl groups excluding tert-OH is 1. The Morgan fingerprint density at radius 2 is 0.432 bits per heavy atom. The Morgan fingerprint density at radius 3 is 0.640 bits per heavy atom. The van der Waals surface area contributed by atoms with Crippen LogP contribution in [0.1, 0.15) is 503 Å². The molecule has 111 heavy (non-hydrogen) atoms. The lowest BCUT2D eigenvalue weighted by Crippen LogP contribution is -2.30. The highest BCUT2D eigenvalue weighted by Crippen LogP contribution is 2.45. The Balaban J connectivity index is 5.25. The molecule has 0 rings (SSSR count). The Bertz CT molecular complexity index is 2100. The largest absolute Gasteiger partial charge is 0.472 e. The van der Waals surface area contributed by atoms with Crippen LogP contribution in [0.2, 0.25) is 0 Å². The van der Waals surface area contributed by atoms with Crippen molar-refractivity contribution in [2.45, 2.75) is 522 Å². The molecule has 0 fully saturated rings. The number of ether oxygens (including phenoxy) is 4. The third kappa shape index (κ3) is 84.3. The summed E-state index contributed by atoms with van der Waals surface area (Å²) < 4.78 is 69.1. The van der Waals surface area contributed by atoms with Gasteiger partial charge in [0.1, 0.15) is 19.3 Å². The SMILES string of the molecule is CCCCCCCCCCCCCCCCCCCCCCCCC(=O)O[C@H](COC(=O)CCCCCCCCCCCCCCCCC(C)CC)COP(=O)(O)OC[C@@H](O)COP(=O)(O)OC[C@@H](COC(=O)CCCCCCCCCCCCCCC)OC(=O)CCCCCCCCCCCCCCCCCCCC. The van der Waals surface area contributed by atoms with E-state index in [1.807, 2.05) is 0 Å². The van der Waals surface area contributed by atoms with Gasteiger partial charge >= 0.3 is 39.5 Å². The smallest absolute Gasteiger partial charge is 0.462 e. The Labute approximate surface area is 683 Å². The first-order valence-electron chi connectivity index (χ1n) is 47.7. The maximum Gasteiger partial charge on any atom is 0.472 e. The summed E-state index contributed by atoms with van der Waals surface area (Å²) in [5.41, 5.74) is 0. The molecule has 19 heteroatoms. The summed E-state index contributed by atoms with van der Waals surface area (Å²) >= 11 is 0. The van der Waals surface area contributed by atoms with Crippen LogP contribution in [0.3, 0.4) is 0 Å². The third-order valence-corrected chi connectivity index (χ3v) is 24.0. The summed E-state index contributed by atoms with van der Waals surface area (Å²) in [6.45, 7) is 7.46. The van der Waals surface area contributed by atoms with E-state index in [0.717, 1.165) is 95.8 Å². The summed E-state index contributed by atoms with van der Waals surface area (Å²) in [6, 6.07) is 0. The van der Waals surface area contributed by atoms with E-state index < -0.39 is 97.5 Å². The summed E-state index contributed by atoms with van der Waals surface area (Å²) in [6.07, 6.45) is 80.5. The second kappa shape index (κ2) is 84.5. The number of hydrogen-bond donors (Lipinski definition) is 3. The first-order chi connectivity index (χ1) is 54.1. The van der Waals surface area contributed by atoms with Gasteiger partial charge in [0.15, 0.2) is 12.2 Å². The van der Waals surface area contributed by atoms with Gasteiger partial charge in [0.25, 0.3) is 0 Å². The number of esters is 4. The van der Waals surface area contributed by atoms with Crippen molar-refractivity contribution in [1.29, 1.82) is 0 Å². The van der Waals surface area contributed by atoms with E-state index in [2.05, 4.69) is 34.6 Å². The third-order valence-electron chi connectivity index (χ3n) is 22.1. The summed E-state index contributed by atoms with van der Waals surface area (Å²) in [4.78, 5) is 73.5. The molecule has 0 aromatic heterocycles. The van der Waals surface area contributed by atoms with Crippen LogP contribution in [0.4, 0.5) is 0 Å².